The van der Waals surface area contributed by atoms with Crippen molar-refractivity contribution in [3.8, 4) is 0 Å². The summed E-state index contributed by atoms with van der Waals surface area (Å²) in [4.78, 5) is 28.0. The Morgan fingerprint density at radius 2 is 2.12 bits per heavy atom. The van der Waals surface area contributed by atoms with Crippen LogP contribution >= 0.6 is 0 Å². The van der Waals surface area contributed by atoms with Crippen LogP contribution in [-0.2, 0) is 22.6 Å². The second kappa shape index (κ2) is 4.44. The molecule has 0 spiro atoms. The van der Waals surface area contributed by atoms with Gasteiger partial charge in [-0.1, -0.05) is 6.92 Å². The summed E-state index contributed by atoms with van der Waals surface area (Å²) in [7, 11) is 0. The minimum absolute atomic E-state index is 0.204. The maximum atomic E-state index is 11.1. The lowest BCUT2D eigenvalue weighted by atomic mass is 10.3. The van der Waals surface area contributed by atoms with Crippen molar-refractivity contribution in [1.82, 2.24) is 15.2 Å². The van der Waals surface area contributed by atoms with Gasteiger partial charge in [0.2, 0.25) is 17.7 Å². The van der Waals surface area contributed by atoms with E-state index in [0.717, 1.165) is 12.2 Å². The fourth-order valence-corrected chi connectivity index (χ4v) is 1.58. The zero-order valence-corrected chi connectivity index (χ0v) is 9.02. The van der Waals surface area contributed by atoms with E-state index in [1.807, 2.05) is 6.92 Å². The van der Waals surface area contributed by atoms with Gasteiger partial charge in [-0.2, -0.15) is 0 Å². The number of nitrogens with one attached hydrogen (secondary N) is 1. The van der Waals surface area contributed by atoms with Gasteiger partial charge < -0.3 is 4.42 Å². The lowest BCUT2D eigenvalue weighted by molar-refractivity contribution is -0.136. The lowest BCUT2D eigenvalue weighted by Gasteiger charge is -2.23. The third-order valence-corrected chi connectivity index (χ3v) is 2.32. The zero-order chi connectivity index (χ0) is 11.5. The summed E-state index contributed by atoms with van der Waals surface area (Å²) >= 11 is 0. The molecule has 2 heterocycles. The molecule has 1 fully saturated rings. The maximum Gasteiger partial charge on any atom is 0.240 e. The van der Waals surface area contributed by atoms with Crippen LogP contribution in [0.2, 0.25) is 0 Å². The van der Waals surface area contributed by atoms with Crippen LogP contribution in [-0.4, -0.2) is 34.8 Å². The fourth-order valence-electron chi connectivity index (χ4n) is 1.58. The van der Waals surface area contributed by atoms with Crippen LogP contribution in [0.25, 0.3) is 0 Å². The first-order valence-electron chi connectivity index (χ1n) is 5.16. The molecule has 2 amide bonds. The number of rotatable bonds is 3. The molecule has 0 saturated carbocycles. The minimum atomic E-state index is -0.279. The highest BCUT2D eigenvalue weighted by molar-refractivity contribution is 5.99. The van der Waals surface area contributed by atoms with Crippen LogP contribution in [0.1, 0.15) is 18.6 Å². The van der Waals surface area contributed by atoms with Gasteiger partial charge in [-0.05, 0) is 0 Å². The van der Waals surface area contributed by atoms with Gasteiger partial charge in [-0.25, -0.2) is 4.98 Å². The molecule has 1 aliphatic heterocycles. The normalized spacial score (nSPS) is 17.6. The Kier molecular flexibility index (Phi) is 3.00. The maximum absolute atomic E-state index is 11.1. The Bertz CT molecular complexity index is 397. The smallest absolute Gasteiger partial charge is 0.240 e. The number of amides is 2. The largest absolute Gasteiger partial charge is 0.444 e. The van der Waals surface area contributed by atoms with Gasteiger partial charge in [0.15, 0.2) is 0 Å². The number of nitrogens with zero attached hydrogens (tertiary/aromatic N) is 2. The summed E-state index contributed by atoms with van der Waals surface area (Å²) in [5, 5.41) is 2.24. The molecule has 1 aliphatic rings. The van der Waals surface area contributed by atoms with Gasteiger partial charge >= 0.3 is 0 Å². The number of aryl methyl sites for hydroxylation is 1. The Morgan fingerprint density at radius 1 is 1.44 bits per heavy atom. The highest BCUT2D eigenvalue weighted by atomic mass is 16.4. The molecule has 16 heavy (non-hydrogen) atoms. The van der Waals surface area contributed by atoms with E-state index in [-0.39, 0.29) is 24.9 Å². The number of imide groups is 1. The average molecular weight is 223 g/mol. The van der Waals surface area contributed by atoms with Crippen LogP contribution in [0.15, 0.2) is 10.6 Å². The first kappa shape index (κ1) is 10.8. The summed E-state index contributed by atoms with van der Waals surface area (Å²) in [6.45, 7) is 2.77. The number of carbonyl (C=O) groups excluding carboxylic acids is 2. The molecule has 1 aromatic heterocycles. The molecular weight excluding hydrogens is 210 g/mol. The summed E-state index contributed by atoms with van der Waals surface area (Å²) in [5.74, 6) is 0.791. The van der Waals surface area contributed by atoms with E-state index in [0.29, 0.717) is 12.4 Å². The molecule has 0 atom stereocenters. The topological polar surface area (TPSA) is 75.4 Å². The molecule has 0 aliphatic carbocycles. The van der Waals surface area contributed by atoms with E-state index in [1.165, 1.54) is 0 Å². The van der Waals surface area contributed by atoms with Crippen LogP contribution in [0.5, 0.6) is 0 Å². The lowest BCUT2D eigenvalue weighted by Crippen LogP contribution is -2.50. The highest BCUT2D eigenvalue weighted by Crippen LogP contribution is 2.08. The van der Waals surface area contributed by atoms with Crippen molar-refractivity contribution in [2.45, 2.75) is 19.9 Å². The third-order valence-electron chi connectivity index (χ3n) is 2.32. The van der Waals surface area contributed by atoms with Crippen molar-refractivity contribution < 1.29 is 14.0 Å². The minimum Gasteiger partial charge on any atom is -0.444 e. The predicted molar refractivity (Wildman–Crippen MR) is 54.3 cm³/mol. The second-order valence-corrected chi connectivity index (χ2v) is 3.69. The van der Waals surface area contributed by atoms with Crippen LogP contribution in [0.4, 0.5) is 0 Å². The Labute approximate surface area is 92.6 Å². The number of oxazole rings is 1. The summed E-state index contributed by atoms with van der Waals surface area (Å²) in [6, 6.07) is 0. The number of carbonyl (C=O) groups is 2. The average Bonchev–Trinajstić information content (AvgIpc) is 2.64. The molecule has 86 valence electrons. The van der Waals surface area contributed by atoms with Gasteiger partial charge in [0, 0.05) is 6.42 Å². The Morgan fingerprint density at radius 3 is 2.69 bits per heavy atom. The van der Waals surface area contributed by atoms with Gasteiger partial charge in [0.25, 0.3) is 0 Å². The predicted octanol–water partition coefficient (Wildman–Crippen LogP) is -0.305. The van der Waals surface area contributed by atoms with Crippen molar-refractivity contribution in [1.29, 1.82) is 0 Å². The van der Waals surface area contributed by atoms with Crippen molar-refractivity contribution in [3.05, 3.63) is 17.8 Å². The Balaban J connectivity index is 1.98. The second-order valence-electron chi connectivity index (χ2n) is 3.69. The number of piperazine rings is 1. The SMILES string of the molecule is CCc1cnc(CN2CC(=O)NC(=O)C2)o1. The molecule has 1 saturated heterocycles. The highest BCUT2D eigenvalue weighted by Gasteiger charge is 2.23. The molecule has 6 nitrogen and oxygen atoms in total. The molecule has 1 aromatic rings. The van der Waals surface area contributed by atoms with Crippen LogP contribution in [0.3, 0.4) is 0 Å². The molecule has 1 N–H and O–H groups in total. The van der Waals surface area contributed by atoms with Crippen molar-refractivity contribution >= 4 is 11.8 Å². The van der Waals surface area contributed by atoms with Crippen LogP contribution < -0.4 is 5.32 Å². The molecular formula is C10H13N3O3. The number of hydrogen-bond acceptors (Lipinski definition) is 5. The molecule has 0 radical (unpaired) electrons. The quantitative estimate of drug-likeness (QED) is 0.712. The third kappa shape index (κ3) is 2.46. The standard InChI is InChI=1S/C10H13N3O3/c1-2-7-3-11-10(16-7)6-13-4-8(14)12-9(15)5-13/h3H,2,4-6H2,1H3,(H,12,14,15). The summed E-state index contributed by atoms with van der Waals surface area (Å²) < 4.78 is 5.41. The Hall–Kier alpha value is -1.69. The van der Waals surface area contributed by atoms with E-state index in [4.69, 9.17) is 4.42 Å². The fraction of sp³-hybridized carbons (Fsp3) is 0.500. The molecule has 0 unspecified atom stereocenters. The van der Waals surface area contributed by atoms with Crippen molar-refractivity contribution in [3.63, 3.8) is 0 Å². The van der Waals surface area contributed by atoms with E-state index >= 15 is 0 Å². The number of aromatic nitrogens is 1. The summed E-state index contributed by atoms with van der Waals surface area (Å²) in [5.41, 5.74) is 0. The van der Waals surface area contributed by atoms with Gasteiger partial charge in [-0.3, -0.25) is 19.8 Å². The first-order valence-corrected chi connectivity index (χ1v) is 5.16. The van der Waals surface area contributed by atoms with E-state index < -0.39 is 0 Å². The van der Waals surface area contributed by atoms with Gasteiger partial charge in [0.1, 0.15) is 5.76 Å². The molecule has 0 aromatic carbocycles. The summed E-state index contributed by atoms with van der Waals surface area (Å²) in [6.07, 6.45) is 2.45. The monoisotopic (exact) mass is 223 g/mol. The van der Waals surface area contributed by atoms with Gasteiger partial charge in [0.05, 0.1) is 25.8 Å². The van der Waals surface area contributed by atoms with Crippen molar-refractivity contribution in [2.24, 2.45) is 0 Å². The van der Waals surface area contributed by atoms with E-state index in [2.05, 4.69) is 10.3 Å². The first-order chi connectivity index (χ1) is 7.67. The molecule has 2 rings (SSSR count). The van der Waals surface area contributed by atoms with Crippen LogP contribution in [0, 0.1) is 0 Å². The van der Waals surface area contributed by atoms with E-state index in [1.54, 1.807) is 11.1 Å². The molecule has 6 heteroatoms. The van der Waals surface area contributed by atoms with Crippen molar-refractivity contribution in [2.75, 3.05) is 13.1 Å². The molecule has 0 bridgehead atoms. The van der Waals surface area contributed by atoms with E-state index in [9.17, 15) is 9.59 Å². The number of hydrogen-bond donors (Lipinski definition) is 1. The van der Waals surface area contributed by atoms with Gasteiger partial charge in [-0.15, -0.1) is 0 Å². The zero-order valence-electron chi connectivity index (χ0n) is 9.02.